The zero-order chi connectivity index (χ0) is 85.8. The third kappa shape index (κ3) is 27.8. The van der Waals surface area contributed by atoms with Crippen molar-refractivity contribution in [2.75, 3.05) is 84.6 Å². The van der Waals surface area contributed by atoms with Gasteiger partial charge in [-0.3, -0.25) is 29.2 Å². The Kier molecular flexibility index (Phi) is 31.0. The van der Waals surface area contributed by atoms with Crippen LogP contribution >= 0.6 is 11.6 Å². The molecule has 2 aliphatic heterocycles. The largest absolute Gasteiger partial charge is 0.495 e. The molecule has 35 heteroatoms. The minimum Gasteiger partial charge on any atom is -0.495 e. The minimum absolute atomic E-state index is 0.108. The second kappa shape index (κ2) is 39.8. The normalized spacial score (nSPS) is 12.2. The van der Waals surface area contributed by atoms with Crippen molar-refractivity contribution in [2.45, 2.75) is 161 Å². The summed E-state index contributed by atoms with van der Waals surface area (Å²) in [5.41, 5.74) is 13.1. The fourth-order valence-electron chi connectivity index (χ4n) is 10.2. The van der Waals surface area contributed by atoms with Crippen LogP contribution in [0.1, 0.15) is 105 Å². The van der Waals surface area contributed by atoms with Gasteiger partial charge in [-0.2, -0.15) is 10.2 Å². The first-order valence-corrected chi connectivity index (χ1v) is 45.7. The zero-order valence-corrected chi connectivity index (χ0v) is 73.8. The lowest BCUT2D eigenvalue weighted by Gasteiger charge is -2.17. The van der Waals surface area contributed by atoms with Crippen molar-refractivity contribution >= 4 is 154 Å². The maximum absolute atomic E-state index is 12.3. The Hall–Kier alpha value is -11.6. The molecule has 0 aliphatic carbocycles. The number of nitrogens with one attached hydrogen (secondary N) is 7. The van der Waals surface area contributed by atoms with Gasteiger partial charge in [-0.05, 0) is 82.3 Å². The molecule has 117 heavy (non-hydrogen) atoms. The smallest absolute Gasteiger partial charge is 0.230 e. The molecule has 4 aromatic carbocycles. The summed E-state index contributed by atoms with van der Waals surface area (Å²) < 4.78 is 37.4. The van der Waals surface area contributed by atoms with Gasteiger partial charge < -0.3 is 71.4 Å². The number of benzene rings is 4. The quantitative estimate of drug-likeness (QED) is 0.0150. The van der Waals surface area contributed by atoms with Gasteiger partial charge in [0.2, 0.25) is 23.0 Å². The second-order valence-electron chi connectivity index (χ2n) is 34.0. The van der Waals surface area contributed by atoms with E-state index in [9.17, 15) is 19.2 Å². The zero-order valence-electron chi connectivity index (χ0n) is 71.0. The predicted octanol–water partition coefficient (Wildman–Crippen LogP) is 16.4. The van der Waals surface area contributed by atoms with Crippen molar-refractivity contribution in [1.29, 1.82) is 0 Å². The van der Waals surface area contributed by atoms with E-state index in [1.807, 2.05) is 139 Å². The number of hydrogen-bond acceptors (Lipinski definition) is 27. The summed E-state index contributed by atoms with van der Waals surface area (Å²) in [6.45, 7) is 39.6. The third-order valence-electron chi connectivity index (χ3n) is 17.4. The summed E-state index contributed by atoms with van der Waals surface area (Å²) >= 11 is 5.11. The summed E-state index contributed by atoms with van der Waals surface area (Å²) in [6.07, 6.45) is 12.9. The molecule has 624 valence electrons. The maximum Gasteiger partial charge on any atom is 0.230 e. The SMILES string of the molecule is CC(C)(C)C(=O)Cl.COc1cc2c(cc1Nc1cc(NC(=O)C(C)(C)C)ncn1)C=NC2.COc1cc2c(cc1Nc1cc(NC(=O)C(C)(C)C)ncn1)C=NC2.COc1cc2c(cnn2COCC[Si](C)(C)C)cc1Nc1cc(N)ncn1.COc1cc2c(cnn2COCC[Si](C)(C)C)cc1Nc1cc(NC(=O)C(C)(C)C)ncn1. The number of amides is 3. The number of aliphatic imine (C=N–C) groups is 2. The number of fused-ring (bicyclic) bond motifs is 4. The molecule has 3 amide bonds. The van der Waals surface area contributed by atoms with E-state index in [0.717, 1.165) is 92.1 Å². The number of halogens is 1. The Morgan fingerprint density at radius 3 is 1.02 bits per heavy atom. The first kappa shape index (κ1) is 90.9. The van der Waals surface area contributed by atoms with Gasteiger partial charge in [0, 0.05) is 111 Å². The molecule has 0 radical (unpaired) electrons. The molecule has 0 saturated heterocycles. The van der Waals surface area contributed by atoms with Crippen LogP contribution in [0.15, 0.2) is 120 Å². The molecule has 0 fully saturated rings. The monoisotopic (exact) mass is 1650 g/mol. The van der Waals surface area contributed by atoms with E-state index in [1.54, 1.807) is 79.7 Å². The first-order chi connectivity index (χ1) is 55.0. The Balaban J connectivity index is 0.000000190. The number of methoxy groups -OCH3 is 4. The van der Waals surface area contributed by atoms with Crippen LogP contribution in [0.3, 0.4) is 0 Å². The summed E-state index contributed by atoms with van der Waals surface area (Å²) in [5, 5.41) is 31.9. The summed E-state index contributed by atoms with van der Waals surface area (Å²) in [7, 11) is 4.26. The molecule has 0 atom stereocenters. The highest BCUT2D eigenvalue weighted by atomic mass is 35.5. The maximum atomic E-state index is 12.3. The number of anilines is 12. The number of carbonyl (C=O) groups is 4. The third-order valence-corrected chi connectivity index (χ3v) is 21.3. The van der Waals surface area contributed by atoms with E-state index in [4.69, 9.17) is 45.8 Å². The molecule has 32 nitrogen and oxygen atoms in total. The Morgan fingerprint density at radius 2 is 0.718 bits per heavy atom. The van der Waals surface area contributed by atoms with Crippen molar-refractivity contribution in [3.05, 3.63) is 133 Å². The molecule has 10 aromatic rings. The van der Waals surface area contributed by atoms with Crippen molar-refractivity contribution in [3.8, 4) is 23.0 Å². The van der Waals surface area contributed by atoms with Crippen LogP contribution in [0.2, 0.25) is 51.4 Å². The van der Waals surface area contributed by atoms with Crippen molar-refractivity contribution in [1.82, 2.24) is 59.4 Å². The van der Waals surface area contributed by atoms with Gasteiger partial charge in [0.25, 0.3) is 0 Å². The van der Waals surface area contributed by atoms with Gasteiger partial charge in [0.15, 0.2) is 0 Å². The molecule has 9 N–H and O–H groups in total. The number of rotatable bonds is 25. The van der Waals surface area contributed by atoms with Gasteiger partial charge in [-0.15, -0.1) is 0 Å². The summed E-state index contributed by atoms with van der Waals surface area (Å²) in [6, 6.07) is 24.6. The number of nitrogen functional groups attached to an aromatic ring is 1. The van der Waals surface area contributed by atoms with Crippen molar-refractivity contribution in [2.24, 2.45) is 31.6 Å². The Labute approximate surface area is 690 Å². The molecule has 0 saturated carbocycles. The molecule has 0 spiro atoms. The fraction of sp³-hybridized carbons (Fsp3) is 0.415. The predicted molar refractivity (Wildman–Crippen MR) is 470 cm³/mol. The van der Waals surface area contributed by atoms with Crippen LogP contribution in [-0.2, 0) is 55.2 Å². The van der Waals surface area contributed by atoms with Gasteiger partial charge >= 0.3 is 0 Å². The van der Waals surface area contributed by atoms with Gasteiger partial charge in [0.05, 0.1) is 87.7 Å². The highest BCUT2D eigenvalue weighted by Gasteiger charge is 2.26. The van der Waals surface area contributed by atoms with Crippen molar-refractivity contribution < 1.29 is 47.6 Å². The molecule has 0 unspecified atom stereocenters. The van der Waals surface area contributed by atoms with Crippen LogP contribution in [0.4, 0.5) is 69.3 Å². The van der Waals surface area contributed by atoms with E-state index in [-0.39, 0.29) is 28.4 Å². The molecule has 2 aliphatic rings. The number of nitrogens with zero attached hydrogens (tertiary/aromatic N) is 14. The van der Waals surface area contributed by atoms with Crippen molar-refractivity contribution in [3.63, 3.8) is 0 Å². The number of nitrogens with two attached hydrogens (primary N) is 1. The number of aromatic nitrogens is 12. The standard InChI is InChI=1S/C23H34N6O3Si.C18H26N6O2Si.2C18H21N5O2.C5H9ClO/c1-23(2,3)22(30)28-21-12-20(24-14-25-21)27-17-10-16-13-26-29(18(16)11-19(17)31-4)15-32-8-9-33(5,6)7;1-25-16-8-15-13(7-14(16)23-18-9-17(19)20-11-21-18)10-22-24(15)12-26-5-6-27(2,3)4;2*1-18(2,3)17(24)23-16-7-15(20-10-21-16)22-13-5-11-8-19-9-12(11)6-14(13)25-4;1-5(2,3)4(6)7/h10-14H,8-9,15H2,1-7H3,(H2,24,25,27,28,30);7-11H,5-6,12H2,1-4H3,(H3,19,20,21,23);2*5-8,10H,9H2,1-4H3,(H2,20,21,22,23,24);1-3H3. The number of ether oxygens (including phenoxy) is 6. The Bertz CT molecular complexity index is 5030. The first-order valence-electron chi connectivity index (χ1n) is 37.9. The molecular weight excluding hydrogens is 1540 g/mol. The van der Waals surface area contributed by atoms with Crippen LogP contribution in [-0.4, -0.2) is 153 Å². The van der Waals surface area contributed by atoms with E-state index in [1.165, 1.54) is 25.3 Å². The molecule has 8 heterocycles. The highest BCUT2D eigenvalue weighted by molar-refractivity contribution is 6.76. The van der Waals surface area contributed by atoms with E-state index in [0.29, 0.717) is 96.1 Å². The minimum atomic E-state index is -1.13. The number of carbonyl (C=O) groups excluding carboxylic acids is 4. The lowest BCUT2D eigenvalue weighted by Crippen LogP contribution is -2.28. The fourth-order valence-corrected chi connectivity index (χ4v) is 11.7. The van der Waals surface area contributed by atoms with Gasteiger partial charge in [-0.25, -0.2) is 49.2 Å². The van der Waals surface area contributed by atoms with Gasteiger partial charge in [0.1, 0.15) is 108 Å². The van der Waals surface area contributed by atoms with E-state index < -0.39 is 32.4 Å². The molecule has 6 aromatic heterocycles. The van der Waals surface area contributed by atoms with Crippen LogP contribution in [0.25, 0.3) is 21.8 Å². The summed E-state index contributed by atoms with van der Waals surface area (Å²) in [5.74, 6) is 6.39. The average molecular weight is 1660 g/mol. The average Bonchev–Trinajstić information content (AvgIpc) is 1.76. The number of hydrogen-bond donors (Lipinski definition) is 8. The summed E-state index contributed by atoms with van der Waals surface area (Å²) in [4.78, 5) is 88.3. The van der Waals surface area contributed by atoms with E-state index in [2.05, 4.69) is 137 Å². The topological polar surface area (TPSA) is 397 Å². The molecular formula is C82H111ClN22O10Si2. The molecule has 12 rings (SSSR count). The van der Waals surface area contributed by atoms with Crippen LogP contribution < -0.4 is 61.9 Å². The lowest BCUT2D eigenvalue weighted by molar-refractivity contribution is -0.123. The van der Waals surface area contributed by atoms with Gasteiger partial charge in [-0.1, -0.05) is 122 Å². The Morgan fingerprint density at radius 1 is 0.419 bits per heavy atom. The molecule has 0 bridgehead atoms. The van der Waals surface area contributed by atoms with E-state index >= 15 is 0 Å². The lowest BCUT2D eigenvalue weighted by atomic mass is 9.96. The van der Waals surface area contributed by atoms with Crippen LogP contribution in [0.5, 0.6) is 23.0 Å². The highest BCUT2D eigenvalue weighted by Crippen LogP contribution is 2.38. The second-order valence-corrected chi connectivity index (χ2v) is 45.6. The van der Waals surface area contributed by atoms with Crippen LogP contribution in [0, 0.1) is 21.7 Å².